The normalized spacial score (nSPS) is 10.3. The Bertz CT molecular complexity index is 411. The van der Waals surface area contributed by atoms with Gasteiger partial charge in [0.25, 0.3) is 5.56 Å². The first-order valence-corrected chi connectivity index (χ1v) is 5.17. The van der Waals surface area contributed by atoms with Crippen LogP contribution >= 0.6 is 0 Å². The Morgan fingerprint density at radius 1 is 1.50 bits per heavy atom. The summed E-state index contributed by atoms with van der Waals surface area (Å²) in [5.41, 5.74) is -0.701. The Morgan fingerprint density at radius 2 is 2.25 bits per heavy atom. The molecule has 0 aliphatic carbocycles. The third-order valence-corrected chi connectivity index (χ3v) is 2.08. The largest absolute Gasteiger partial charge is 0.477 e. The lowest BCUT2D eigenvalue weighted by molar-refractivity contribution is 0.0693. The SMILES string of the molecule is CCCOCCn1cccc(C(=O)O)c1=O. The average Bonchev–Trinajstić information content (AvgIpc) is 2.26. The molecule has 0 unspecified atom stereocenters. The quantitative estimate of drug-likeness (QED) is 0.732. The van der Waals surface area contributed by atoms with E-state index in [4.69, 9.17) is 9.84 Å². The number of rotatable bonds is 6. The lowest BCUT2D eigenvalue weighted by Gasteiger charge is -2.06. The van der Waals surface area contributed by atoms with E-state index in [0.29, 0.717) is 19.8 Å². The molecule has 0 aliphatic rings. The van der Waals surface area contributed by atoms with Crippen molar-refractivity contribution in [3.8, 4) is 0 Å². The van der Waals surface area contributed by atoms with Gasteiger partial charge in [-0.1, -0.05) is 6.92 Å². The Morgan fingerprint density at radius 3 is 2.88 bits per heavy atom. The first kappa shape index (κ1) is 12.4. The maximum absolute atomic E-state index is 11.6. The maximum Gasteiger partial charge on any atom is 0.341 e. The molecule has 0 aliphatic heterocycles. The van der Waals surface area contributed by atoms with Crippen molar-refractivity contribution in [2.24, 2.45) is 0 Å². The van der Waals surface area contributed by atoms with E-state index >= 15 is 0 Å². The molecule has 1 N–H and O–H groups in total. The van der Waals surface area contributed by atoms with Crippen LogP contribution in [-0.2, 0) is 11.3 Å². The van der Waals surface area contributed by atoms with Gasteiger partial charge >= 0.3 is 5.97 Å². The summed E-state index contributed by atoms with van der Waals surface area (Å²) >= 11 is 0. The van der Waals surface area contributed by atoms with Gasteiger partial charge in [0.2, 0.25) is 0 Å². The van der Waals surface area contributed by atoms with Crippen molar-refractivity contribution in [3.05, 3.63) is 34.2 Å². The second-order valence-corrected chi connectivity index (χ2v) is 3.34. The van der Waals surface area contributed by atoms with Crippen LogP contribution in [0.15, 0.2) is 23.1 Å². The molecule has 1 aromatic heterocycles. The topological polar surface area (TPSA) is 68.5 Å². The summed E-state index contributed by atoms with van der Waals surface area (Å²) in [6.07, 6.45) is 2.48. The predicted octanol–water partition coefficient (Wildman–Crippen LogP) is 0.973. The van der Waals surface area contributed by atoms with Crippen LogP contribution in [-0.4, -0.2) is 28.9 Å². The van der Waals surface area contributed by atoms with E-state index < -0.39 is 11.5 Å². The molecular formula is C11H15NO4. The Kier molecular flexibility index (Phi) is 4.72. The zero-order valence-corrected chi connectivity index (χ0v) is 9.18. The van der Waals surface area contributed by atoms with Crippen LogP contribution in [0.25, 0.3) is 0 Å². The highest BCUT2D eigenvalue weighted by molar-refractivity contribution is 5.86. The summed E-state index contributed by atoms with van der Waals surface area (Å²) in [5.74, 6) is -1.20. The molecule has 0 aromatic carbocycles. The fourth-order valence-corrected chi connectivity index (χ4v) is 1.28. The molecule has 0 spiro atoms. The molecule has 0 saturated carbocycles. The van der Waals surface area contributed by atoms with Crippen LogP contribution in [0.2, 0.25) is 0 Å². The molecule has 0 fully saturated rings. The van der Waals surface area contributed by atoms with Crippen LogP contribution in [0.5, 0.6) is 0 Å². The van der Waals surface area contributed by atoms with E-state index in [2.05, 4.69) is 0 Å². The molecule has 5 heteroatoms. The molecule has 16 heavy (non-hydrogen) atoms. The third-order valence-electron chi connectivity index (χ3n) is 2.08. The molecule has 1 heterocycles. The Hall–Kier alpha value is -1.62. The zero-order valence-electron chi connectivity index (χ0n) is 9.18. The molecule has 5 nitrogen and oxygen atoms in total. The van der Waals surface area contributed by atoms with Crippen molar-refractivity contribution in [1.82, 2.24) is 4.57 Å². The highest BCUT2D eigenvalue weighted by Gasteiger charge is 2.09. The van der Waals surface area contributed by atoms with Crippen molar-refractivity contribution in [2.45, 2.75) is 19.9 Å². The number of pyridine rings is 1. The summed E-state index contributed by atoms with van der Waals surface area (Å²) in [6, 6.07) is 2.85. The number of aromatic carboxylic acids is 1. The van der Waals surface area contributed by atoms with Crippen LogP contribution < -0.4 is 5.56 Å². The Labute approximate surface area is 93.3 Å². The predicted molar refractivity (Wildman–Crippen MR) is 58.8 cm³/mol. The second kappa shape index (κ2) is 6.07. The van der Waals surface area contributed by atoms with E-state index in [1.54, 1.807) is 12.3 Å². The first-order chi connectivity index (χ1) is 7.66. The van der Waals surface area contributed by atoms with Crippen LogP contribution in [0.4, 0.5) is 0 Å². The minimum Gasteiger partial charge on any atom is -0.477 e. The maximum atomic E-state index is 11.6. The van der Waals surface area contributed by atoms with E-state index in [1.807, 2.05) is 6.92 Å². The third kappa shape index (κ3) is 3.20. The van der Waals surface area contributed by atoms with Gasteiger partial charge in [0, 0.05) is 19.3 Å². The lowest BCUT2D eigenvalue weighted by atomic mass is 10.3. The van der Waals surface area contributed by atoms with Gasteiger partial charge in [-0.3, -0.25) is 4.79 Å². The monoisotopic (exact) mass is 225 g/mol. The van der Waals surface area contributed by atoms with Gasteiger partial charge in [-0.25, -0.2) is 4.79 Å². The molecule has 88 valence electrons. The minimum atomic E-state index is -1.20. The lowest BCUT2D eigenvalue weighted by Crippen LogP contribution is -2.27. The number of aromatic nitrogens is 1. The van der Waals surface area contributed by atoms with E-state index in [0.717, 1.165) is 6.42 Å². The van der Waals surface area contributed by atoms with Crippen LogP contribution in [0.1, 0.15) is 23.7 Å². The smallest absolute Gasteiger partial charge is 0.341 e. The van der Waals surface area contributed by atoms with Gasteiger partial charge in [0.1, 0.15) is 5.56 Å². The number of ether oxygens (including phenoxy) is 1. The van der Waals surface area contributed by atoms with Gasteiger partial charge in [-0.05, 0) is 18.6 Å². The summed E-state index contributed by atoms with van der Waals surface area (Å²) in [4.78, 5) is 22.3. The van der Waals surface area contributed by atoms with Crippen molar-refractivity contribution < 1.29 is 14.6 Å². The molecule has 1 rings (SSSR count). The fourth-order valence-electron chi connectivity index (χ4n) is 1.28. The summed E-state index contributed by atoms with van der Waals surface area (Å²) in [5, 5.41) is 8.76. The van der Waals surface area contributed by atoms with E-state index in [-0.39, 0.29) is 5.56 Å². The molecule has 0 radical (unpaired) electrons. The van der Waals surface area contributed by atoms with Gasteiger partial charge in [-0.15, -0.1) is 0 Å². The number of carboxylic acid groups (broad SMARTS) is 1. The van der Waals surface area contributed by atoms with Crippen LogP contribution in [0, 0.1) is 0 Å². The highest BCUT2D eigenvalue weighted by atomic mass is 16.5. The van der Waals surface area contributed by atoms with Crippen LogP contribution in [0.3, 0.4) is 0 Å². The number of hydrogen-bond donors (Lipinski definition) is 1. The number of nitrogens with zero attached hydrogens (tertiary/aromatic N) is 1. The van der Waals surface area contributed by atoms with E-state index in [1.165, 1.54) is 10.6 Å². The average molecular weight is 225 g/mol. The summed E-state index contributed by atoms with van der Waals surface area (Å²) in [7, 11) is 0. The number of carbonyl (C=O) groups is 1. The molecule has 0 saturated heterocycles. The van der Waals surface area contributed by atoms with Gasteiger partial charge < -0.3 is 14.4 Å². The summed E-state index contributed by atoms with van der Waals surface area (Å²) in [6.45, 7) is 3.43. The fraction of sp³-hybridized carbons (Fsp3) is 0.455. The standard InChI is InChI=1S/C11H15NO4/c1-2-7-16-8-6-12-5-3-4-9(10(12)13)11(14)15/h3-5H,2,6-8H2,1H3,(H,14,15). The Balaban J connectivity index is 2.70. The summed E-state index contributed by atoms with van der Waals surface area (Å²) < 4.78 is 6.58. The van der Waals surface area contributed by atoms with Gasteiger partial charge in [0.05, 0.1) is 6.61 Å². The number of carboxylic acids is 1. The van der Waals surface area contributed by atoms with E-state index in [9.17, 15) is 9.59 Å². The zero-order chi connectivity index (χ0) is 12.0. The molecule has 0 bridgehead atoms. The molecule has 0 atom stereocenters. The minimum absolute atomic E-state index is 0.210. The first-order valence-electron chi connectivity index (χ1n) is 5.17. The van der Waals surface area contributed by atoms with Crippen molar-refractivity contribution >= 4 is 5.97 Å². The van der Waals surface area contributed by atoms with Gasteiger partial charge in [-0.2, -0.15) is 0 Å². The van der Waals surface area contributed by atoms with Crippen molar-refractivity contribution in [2.75, 3.05) is 13.2 Å². The second-order valence-electron chi connectivity index (χ2n) is 3.34. The molecular weight excluding hydrogens is 210 g/mol. The van der Waals surface area contributed by atoms with Crippen molar-refractivity contribution in [1.29, 1.82) is 0 Å². The molecule has 0 amide bonds. The highest BCUT2D eigenvalue weighted by Crippen LogP contribution is 1.92. The van der Waals surface area contributed by atoms with Gasteiger partial charge in [0.15, 0.2) is 0 Å². The van der Waals surface area contributed by atoms with Crippen molar-refractivity contribution in [3.63, 3.8) is 0 Å². The number of hydrogen-bond acceptors (Lipinski definition) is 3. The molecule has 1 aromatic rings.